The molecule has 0 aliphatic rings. The van der Waals surface area contributed by atoms with E-state index in [2.05, 4.69) is 5.32 Å². The molecule has 1 aromatic carbocycles. The molecule has 114 valence electrons. The number of sulfone groups is 1. The van der Waals surface area contributed by atoms with Gasteiger partial charge in [-0.15, -0.1) is 0 Å². The van der Waals surface area contributed by atoms with Gasteiger partial charge < -0.3 is 10.4 Å². The van der Waals surface area contributed by atoms with Crippen LogP contribution in [0, 0.1) is 5.92 Å². The fraction of sp³-hybridized carbons (Fsp3) is 0.286. The lowest BCUT2D eigenvalue weighted by Crippen LogP contribution is -2.43. The van der Waals surface area contributed by atoms with Gasteiger partial charge in [0.25, 0.3) is 0 Å². The van der Waals surface area contributed by atoms with Crippen LogP contribution in [0.2, 0.25) is 0 Å². The molecule has 6 nitrogen and oxygen atoms in total. The van der Waals surface area contributed by atoms with Gasteiger partial charge in [-0.3, -0.25) is 4.79 Å². The van der Waals surface area contributed by atoms with E-state index in [-0.39, 0.29) is 10.8 Å². The van der Waals surface area contributed by atoms with Crippen molar-refractivity contribution in [2.24, 2.45) is 5.92 Å². The third-order valence-electron chi connectivity index (χ3n) is 2.70. The molecule has 1 unspecified atom stereocenters. The van der Waals surface area contributed by atoms with Gasteiger partial charge in [0.05, 0.1) is 4.90 Å². The molecule has 1 rings (SSSR count). The maximum Gasteiger partial charge on any atom is 0.326 e. The van der Waals surface area contributed by atoms with Crippen molar-refractivity contribution in [3.8, 4) is 0 Å². The van der Waals surface area contributed by atoms with Gasteiger partial charge in [0, 0.05) is 11.5 Å². The standard InChI is InChI=1S/C14H17NO5S/c1-10(2)13(14(17)18)15-12(16)8-9-21(19,20)11-6-4-3-5-7-11/h3-10,13H,1-2H3,(H,15,16)(H,17,18)/b9-8+. The van der Waals surface area contributed by atoms with E-state index in [1.165, 1.54) is 12.1 Å². The maximum atomic E-state index is 11.9. The molecule has 0 aliphatic heterocycles. The number of rotatable bonds is 6. The van der Waals surface area contributed by atoms with Gasteiger partial charge in [0.1, 0.15) is 6.04 Å². The first-order valence-electron chi connectivity index (χ1n) is 6.25. The third-order valence-corrected chi connectivity index (χ3v) is 4.12. The first kappa shape index (κ1) is 16.9. The molecular weight excluding hydrogens is 294 g/mol. The highest BCUT2D eigenvalue weighted by molar-refractivity contribution is 7.94. The average molecular weight is 311 g/mol. The van der Waals surface area contributed by atoms with E-state index in [9.17, 15) is 18.0 Å². The Morgan fingerprint density at radius 2 is 1.76 bits per heavy atom. The number of benzene rings is 1. The van der Waals surface area contributed by atoms with Gasteiger partial charge in [-0.1, -0.05) is 32.0 Å². The summed E-state index contributed by atoms with van der Waals surface area (Å²) in [6, 6.07) is 6.56. The predicted molar refractivity (Wildman–Crippen MR) is 77.2 cm³/mol. The Hall–Kier alpha value is -2.15. The molecule has 1 aromatic rings. The highest BCUT2D eigenvalue weighted by atomic mass is 32.2. The second-order valence-corrected chi connectivity index (χ2v) is 6.56. The summed E-state index contributed by atoms with van der Waals surface area (Å²) in [6.45, 7) is 3.28. The van der Waals surface area contributed by atoms with E-state index in [1.54, 1.807) is 32.0 Å². The fourth-order valence-corrected chi connectivity index (χ4v) is 2.55. The smallest absolute Gasteiger partial charge is 0.326 e. The number of carbonyl (C=O) groups excluding carboxylic acids is 1. The molecule has 1 amide bonds. The molecule has 0 saturated carbocycles. The van der Waals surface area contributed by atoms with Crippen molar-refractivity contribution in [2.45, 2.75) is 24.8 Å². The summed E-state index contributed by atoms with van der Waals surface area (Å²) in [7, 11) is -3.72. The van der Waals surface area contributed by atoms with Crippen LogP contribution in [0.4, 0.5) is 0 Å². The Balaban J connectivity index is 2.81. The van der Waals surface area contributed by atoms with Crippen molar-refractivity contribution in [3.63, 3.8) is 0 Å². The maximum absolute atomic E-state index is 11.9. The van der Waals surface area contributed by atoms with E-state index in [4.69, 9.17) is 5.11 Å². The lowest BCUT2D eigenvalue weighted by Gasteiger charge is -2.16. The summed E-state index contributed by atoms with van der Waals surface area (Å²) in [5, 5.41) is 12.0. The minimum atomic E-state index is -3.72. The Bertz CT molecular complexity index is 635. The van der Waals surface area contributed by atoms with Crippen molar-refractivity contribution in [3.05, 3.63) is 41.8 Å². The Morgan fingerprint density at radius 1 is 1.19 bits per heavy atom. The fourth-order valence-electron chi connectivity index (χ4n) is 1.56. The molecule has 21 heavy (non-hydrogen) atoms. The molecule has 0 aromatic heterocycles. The van der Waals surface area contributed by atoms with E-state index < -0.39 is 27.8 Å². The van der Waals surface area contributed by atoms with E-state index >= 15 is 0 Å². The van der Waals surface area contributed by atoms with Gasteiger partial charge >= 0.3 is 5.97 Å². The summed E-state index contributed by atoms with van der Waals surface area (Å²) in [6.07, 6.45) is 0.820. The lowest BCUT2D eigenvalue weighted by atomic mass is 10.1. The molecule has 2 N–H and O–H groups in total. The van der Waals surface area contributed by atoms with Crippen molar-refractivity contribution < 1.29 is 23.1 Å². The summed E-state index contributed by atoms with van der Waals surface area (Å²) in [5.74, 6) is -2.25. The minimum Gasteiger partial charge on any atom is -0.480 e. The molecule has 0 radical (unpaired) electrons. The number of carbonyl (C=O) groups is 2. The second kappa shape index (κ2) is 7.03. The number of amides is 1. The molecule has 0 aliphatic carbocycles. The monoisotopic (exact) mass is 311 g/mol. The van der Waals surface area contributed by atoms with E-state index in [1.807, 2.05) is 0 Å². The highest BCUT2D eigenvalue weighted by Gasteiger charge is 2.22. The summed E-state index contributed by atoms with van der Waals surface area (Å²) in [4.78, 5) is 22.6. The van der Waals surface area contributed by atoms with Gasteiger partial charge in [-0.25, -0.2) is 13.2 Å². The van der Waals surface area contributed by atoms with E-state index in [0.29, 0.717) is 0 Å². The summed E-state index contributed by atoms with van der Waals surface area (Å²) >= 11 is 0. The first-order chi connectivity index (χ1) is 9.74. The van der Waals surface area contributed by atoms with Crippen molar-refractivity contribution in [2.75, 3.05) is 0 Å². The molecule has 0 fully saturated rings. The number of aliphatic carboxylic acids is 1. The topological polar surface area (TPSA) is 101 Å². The van der Waals surface area contributed by atoms with Crippen LogP contribution in [0.5, 0.6) is 0 Å². The zero-order valence-corrected chi connectivity index (χ0v) is 12.5. The SMILES string of the molecule is CC(C)C(NC(=O)/C=C/S(=O)(=O)c1ccccc1)C(=O)O. The van der Waals surface area contributed by atoms with Gasteiger partial charge in [-0.2, -0.15) is 0 Å². The second-order valence-electron chi connectivity index (χ2n) is 4.73. The van der Waals surface area contributed by atoms with Crippen LogP contribution in [0.15, 0.2) is 46.7 Å². The number of hydrogen-bond acceptors (Lipinski definition) is 4. The lowest BCUT2D eigenvalue weighted by molar-refractivity contribution is -0.142. The van der Waals surface area contributed by atoms with Crippen LogP contribution in [0.1, 0.15) is 13.8 Å². The van der Waals surface area contributed by atoms with Crippen LogP contribution in [-0.4, -0.2) is 31.4 Å². The van der Waals surface area contributed by atoms with Crippen LogP contribution < -0.4 is 5.32 Å². The Morgan fingerprint density at radius 3 is 2.24 bits per heavy atom. The largest absolute Gasteiger partial charge is 0.480 e. The van der Waals surface area contributed by atoms with Gasteiger partial charge in [0.2, 0.25) is 5.91 Å². The van der Waals surface area contributed by atoms with Gasteiger partial charge in [0.15, 0.2) is 9.84 Å². The first-order valence-corrected chi connectivity index (χ1v) is 7.80. The molecule has 0 saturated heterocycles. The van der Waals surface area contributed by atoms with Crippen molar-refractivity contribution in [1.29, 1.82) is 0 Å². The normalized spacial score (nSPS) is 13.3. The average Bonchev–Trinajstić information content (AvgIpc) is 2.43. The molecular formula is C14H17NO5S. The zero-order chi connectivity index (χ0) is 16.0. The quantitative estimate of drug-likeness (QED) is 0.769. The van der Waals surface area contributed by atoms with Crippen molar-refractivity contribution in [1.82, 2.24) is 5.32 Å². The highest BCUT2D eigenvalue weighted by Crippen LogP contribution is 2.11. The Labute approximate surface area is 123 Å². The van der Waals surface area contributed by atoms with Crippen LogP contribution >= 0.6 is 0 Å². The number of carboxylic acids is 1. The predicted octanol–water partition coefficient (Wildman–Crippen LogP) is 1.20. The van der Waals surface area contributed by atoms with Crippen LogP contribution in [0.25, 0.3) is 0 Å². The van der Waals surface area contributed by atoms with Crippen molar-refractivity contribution >= 4 is 21.7 Å². The molecule has 1 atom stereocenters. The van der Waals surface area contributed by atoms with E-state index in [0.717, 1.165) is 11.5 Å². The number of carboxylic acid groups (broad SMARTS) is 1. The van der Waals surface area contributed by atoms with Gasteiger partial charge in [-0.05, 0) is 18.1 Å². The third kappa shape index (κ3) is 5.03. The van der Waals surface area contributed by atoms with Crippen LogP contribution in [-0.2, 0) is 19.4 Å². The molecule has 0 spiro atoms. The molecule has 0 bridgehead atoms. The molecule has 7 heteroatoms. The van der Waals surface area contributed by atoms with Crippen LogP contribution in [0.3, 0.4) is 0 Å². The molecule has 0 heterocycles. The summed E-state index contributed by atoms with van der Waals surface area (Å²) < 4.78 is 23.8. The summed E-state index contributed by atoms with van der Waals surface area (Å²) in [5.41, 5.74) is 0. The number of hydrogen-bond donors (Lipinski definition) is 2. The Kier molecular flexibility index (Phi) is 5.66. The number of nitrogens with one attached hydrogen (secondary N) is 1. The zero-order valence-electron chi connectivity index (χ0n) is 11.7. The minimum absolute atomic E-state index is 0.0627.